The molecule has 0 spiro atoms. The Labute approximate surface area is 166 Å². The predicted molar refractivity (Wildman–Crippen MR) is 104 cm³/mol. The zero-order chi connectivity index (χ0) is 20.3. The van der Waals surface area contributed by atoms with Crippen LogP contribution >= 0.6 is 0 Å². The van der Waals surface area contributed by atoms with Crippen LogP contribution in [-0.4, -0.2) is 62.3 Å². The number of benzene rings is 1. The van der Waals surface area contributed by atoms with E-state index in [1.807, 2.05) is 6.92 Å². The maximum absolute atomic E-state index is 13.1. The Balaban J connectivity index is 1.76. The SMILES string of the molecule is CCOC(=O)C1CCN(S(=O)(=O)c2ccc(C)c(C(=O)N3CCCC3)c2)CC1. The minimum atomic E-state index is -3.71. The lowest BCUT2D eigenvalue weighted by Gasteiger charge is -2.30. The third-order valence-corrected chi connectivity index (χ3v) is 7.44. The molecular formula is C20H28N2O5S. The fourth-order valence-electron chi connectivity index (χ4n) is 3.82. The largest absolute Gasteiger partial charge is 0.466 e. The molecule has 0 bridgehead atoms. The van der Waals surface area contributed by atoms with Gasteiger partial charge < -0.3 is 9.64 Å². The number of carbonyl (C=O) groups is 2. The van der Waals surface area contributed by atoms with Gasteiger partial charge in [0.05, 0.1) is 17.4 Å². The zero-order valence-electron chi connectivity index (χ0n) is 16.5. The second-order valence-corrected chi connectivity index (χ2v) is 9.34. The van der Waals surface area contributed by atoms with Crippen molar-refractivity contribution in [1.29, 1.82) is 0 Å². The molecule has 0 saturated carbocycles. The number of carbonyl (C=O) groups excluding carboxylic acids is 2. The maximum atomic E-state index is 13.1. The number of sulfonamides is 1. The quantitative estimate of drug-likeness (QED) is 0.698. The summed E-state index contributed by atoms with van der Waals surface area (Å²) in [5.74, 6) is -0.613. The van der Waals surface area contributed by atoms with E-state index in [-0.39, 0.29) is 35.8 Å². The van der Waals surface area contributed by atoms with E-state index in [0.717, 1.165) is 31.5 Å². The van der Waals surface area contributed by atoms with Crippen LogP contribution in [0.2, 0.25) is 0 Å². The van der Waals surface area contributed by atoms with Crippen molar-refractivity contribution in [3.05, 3.63) is 29.3 Å². The van der Waals surface area contributed by atoms with E-state index in [4.69, 9.17) is 4.74 Å². The van der Waals surface area contributed by atoms with E-state index in [9.17, 15) is 18.0 Å². The summed E-state index contributed by atoms with van der Waals surface area (Å²) >= 11 is 0. The van der Waals surface area contributed by atoms with Gasteiger partial charge in [-0.05, 0) is 57.2 Å². The molecule has 1 amide bonds. The number of esters is 1. The number of aryl methyl sites for hydroxylation is 1. The molecule has 2 aliphatic heterocycles. The van der Waals surface area contributed by atoms with Gasteiger partial charge in [0, 0.05) is 31.7 Å². The lowest BCUT2D eigenvalue weighted by Crippen LogP contribution is -2.40. The van der Waals surface area contributed by atoms with E-state index >= 15 is 0 Å². The highest BCUT2D eigenvalue weighted by Gasteiger charge is 2.33. The van der Waals surface area contributed by atoms with Crippen molar-refractivity contribution >= 4 is 21.9 Å². The van der Waals surface area contributed by atoms with Gasteiger partial charge in [-0.2, -0.15) is 4.31 Å². The molecule has 0 radical (unpaired) electrons. The summed E-state index contributed by atoms with van der Waals surface area (Å²) in [5.41, 5.74) is 1.22. The van der Waals surface area contributed by atoms with Crippen molar-refractivity contribution in [2.24, 2.45) is 5.92 Å². The van der Waals surface area contributed by atoms with Crippen LogP contribution < -0.4 is 0 Å². The van der Waals surface area contributed by atoms with E-state index in [1.165, 1.54) is 10.4 Å². The Morgan fingerprint density at radius 1 is 1.11 bits per heavy atom. The van der Waals surface area contributed by atoms with Gasteiger partial charge in [-0.15, -0.1) is 0 Å². The topological polar surface area (TPSA) is 84.0 Å². The molecule has 1 aromatic carbocycles. The van der Waals surface area contributed by atoms with E-state index in [2.05, 4.69) is 0 Å². The zero-order valence-corrected chi connectivity index (χ0v) is 17.3. The molecule has 0 aromatic heterocycles. The van der Waals surface area contributed by atoms with Gasteiger partial charge in [0.2, 0.25) is 10.0 Å². The second kappa shape index (κ2) is 8.61. The van der Waals surface area contributed by atoms with Crippen molar-refractivity contribution < 1.29 is 22.7 Å². The Bertz CT molecular complexity index is 838. The van der Waals surface area contributed by atoms with Gasteiger partial charge in [0.15, 0.2) is 0 Å². The summed E-state index contributed by atoms with van der Waals surface area (Å²) in [4.78, 5) is 26.6. The Morgan fingerprint density at radius 2 is 1.75 bits per heavy atom. The molecule has 8 heteroatoms. The van der Waals surface area contributed by atoms with Crippen molar-refractivity contribution in [3.63, 3.8) is 0 Å². The normalized spacial score (nSPS) is 19.0. The molecule has 7 nitrogen and oxygen atoms in total. The first-order valence-electron chi connectivity index (χ1n) is 9.91. The summed E-state index contributed by atoms with van der Waals surface area (Å²) in [6.45, 7) is 5.90. The van der Waals surface area contributed by atoms with Crippen molar-refractivity contribution in [3.8, 4) is 0 Å². The molecule has 0 aliphatic carbocycles. The second-order valence-electron chi connectivity index (χ2n) is 7.41. The minimum Gasteiger partial charge on any atom is -0.466 e. The summed E-state index contributed by atoms with van der Waals surface area (Å²) in [5, 5.41) is 0. The fraction of sp³-hybridized carbons (Fsp3) is 0.600. The average Bonchev–Trinajstić information content (AvgIpc) is 3.23. The summed E-state index contributed by atoms with van der Waals surface area (Å²) in [6, 6.07) is 4.76. The lowest BCUT2D eigenvalue weighted by molar-refractivity contribution is -0.149. The Kier molecular flexibility index (Phi) is 6.40. The lowest BCUT2D eigenvalue weighted by atomic mass is 9.98. The van der Waals surface area contributed by atoms with Gasteiger partial charge in [0.1, 0.15) is 0 Å². The molecule has 2 saturated heterocycles. The van der Waals surface area contributed by atoms with E-state index in [1.54, 1.807) is 24.0 Å². The summed E-state index contributed by atoms with van der Waals surface area (Å²) in [7, 11) is -3.71. The van der Waals surface area contributed by atoms with Crippen LogP contribution in [0, 0.1) is 12.8 Å². The number of ether oxygens (including phenoxy) is 1. The number of amides is 1. The van der Waals surface area contributed by atoms with Gasteiger partial charge >= 0.3 is 5.97 Å². The molecular weight excluding hydrogens is 380 g/mol. The number of piperidine rings is 1. The highest BCUT2D eigenvalue weighted by atomic mass is 32.2. The van der Waals surface area contributed by atoms with Crippen LogP contribution in [-0.2, 0) is 19.6 Å². The first kappa shape index (κ1) is 20.8. The molecule has 2 fully saturated rings. The van der Waals surface area contributed by atoms with Gasteiger partial charge in [-0.25, -0.2) is 8.42 Å². The Hall–Kier alpha value is -1.93. The number of nitrogens with zero attached hydrogens (tertiary/aromatic N) is 2. The molecule has 1 aromatic rings. The monoisotopic (exact) mass is 408 g/mol. The van der Waals surface area contributed by atoms with Crippen molar-refractivity contribution in [1.82, 2.24) is 9.21 Å². The molecule has 2 aliphatic rings. The van der Waals surface area contributed by atoms with Crippen LogP contribution in [0.4, 0.5) is 0 Å². The number of hydrogen-bond donors (Lipinski definition) is 0. The number of hydrogen-bond acceptors (Lipinski definition) is 5. The van der Waals surface area contributed by atoms with Crippen LogP contribution in [0.1, 0.15) is 48.5 Å². The first-order valence-corrected chi connectivity index (χ1v) is 11.3. The number of likely N-dealkylation sites (tertiary alicyclic amines) is 1. The first-order chi connectivity index (χ1) is 13.3. The van der Waals surface area contributed by atoms with Crippen LogP contribution in [0.3, 0.4) is 0 Å². The number of rotatable bonds is 5. The average molecular weight is 409 g/mol. The van der Waals surface area contributed by atoms with Crippen LogP contribution in [0.15, 0.2) is 23.1 Å². The highest BCUT2D eigenvalue weighted by molar-refractivity contribution is 7.89. The molecule has 3 rings (SSSR count). The summed E-state index contributed by atoms with van der Waals surface area (Å²) in [6.07, 6.45) is 2.86. The Morgan fingerprint density at radius 3 is 2.36 bits per heavy atom. The van der Waals surface area contributed by atoms with Gasteiger partial charge in [0.25, 0.3) is 5.91 Å². The smallest absolute Gasteiger partial charge is 0.309 e. The van der Waals surface area contributed by atoms with E-state index < -0.39 is 10.0 Å². The van der Waals surface area contributed by atoms with E-state index in [0.29, 0.717) is 25.0 Å². The molecule has 2 heterocycles. The third kappa shape index (κ3) is 4.22. The third-order valence-electron chi connectivity index (χ3n) is 5.54. The van der Waals surface area contributed by atoms with Gasteiger partial charge in [-0.3, -0.25) is 9.59 Å². The van der Waals surface area contributed by atoms with Crippen molar-refractivity contribution in [2.75, 3.05) is 32.8 Å². The standard InChI is InChI=1S/C20H28N2O5S/c1-3-27-20(24)16-8-12-22(13-9-16)28(25,26)17-7-6-15(2)18(14-17)19(23)21-10-4-5-11-21/h6-7,14,16H,3-5,8-13H2,1-2H3. The highest BCUT2D eigenvalue weighted by Crippen LogP contribution is 2.26. The molecule has 0 N–H and O–H groups in total. The molecule has 0 atom stereocenters. The van der Waals surface area contributed by atoms with Crippen LogP contribution in [0.5, 0.6) is 0 Å². The molecule has 154 valence electrons. The molecule has 28 heavy (non-hydrogen) atoms. The fourth-order valence-corrected chi connectivity index (χ4v) is 5.32. The molecule has 0 unspecified atom stereocenters. The van der Waals surface area contributed by atoms with Gasteiger partial charge in [-0.1, -0.05) is 6.07 Å². The maximum Gasteiger partial charge on any atom is 0.309 e. The summed E-state index contributed by atoms with van der Waals surface area (Å²) < 4.78 is 32.6. The van der Waals surface area contributed by atoms with Crippen molar-refractivity contribution in [2.45, 2.75) is 44.4 Å². The predicted octanol–water partition coefficient (Wildman–Crippen LogP) is 2.19. The minimum absolute atomic E-state index is 0.104. The van der Waals surface area contributed by atoms with Crippen LogP contribution in [0.25, 0.3) is 0 Å².